The smallest absolute Gasteiger partial charge is 0.416 e. The molecule has 1 aliphatic carbocycles. The molecule has 1 aromatic heterocycles. The fourth-order valence-electron chi connectivity index (χ4n) is 3.23. The van der Waals surface area contributed by atoms with Gasteiger partial charge in [0.15, 0.2) is 11.0 Å². The lowest BCUT2D eigenvalue weighted by atomic mass is 10.2. The van der Waals surface area contributed by atoms with Gasteiger partial charge in [0.1, 0.15) is 12.4 Å². The summed E-state index contributed by atoms with van der Waals surface area (Å²) in [5, 5.41) is 11.8. The summed E-state index contributed by atoms with van der Waals surface area (Å²) in [6, 6.07) is 4.98. The number of alkyl halides is 3. The summed E-state index contributed by atoms with van der Waals surface area (Å²) < 4.78 is 45.7. The molecule has 0 radical (unpaired) electrons. The molecule has 158 valence electrons. The molecule has 2 aromatic rings. The second-order valence-electron chi connectivity index (χ2n) is 6.79. The molecule has 0 atom stereocenters. The highest BCUT2D eigenvalue weighted by atomic mass is 32.2. The largest absolute Gasteiger partial charge is 0.486 e. The lowest BCUT2D eigenvalue weighted by Gasteiger charge is -2.12. The number of carbonyl (C=O) groups is 1. The molecule has 0 bridgehead atoms. The third-order valence-corrected chi connectivity index (χ3v) is 5.66. The molecule has 1 aliphatic rings. The van der Waals surface area contributed by atoms with E-state index in [2.05, 4.69) is 15.5 Å². The number of thioether (sulfide) groups is 1. The molecule has 1 saturated carbocycles. The van der Waals surface area contributed by atoms with E-state index in [9.17, 15) is 18.0 Å². The zero-order chi connectivity index (χ0) is 20.9. The van der Waals surface area contributed by atoms with Crippen molar-refractivity contribution in [2.45, 2.75) is 63.1 Å². The summed E-state index contributed by atoms with van der Waals surface area (Å²) in [4.78, 5) is 12.1. The zero-order valence-corrected chi connectivity index (χ0v) is 16.9. The van der Waals surface area contributed by atoms with Crippen LogP contribution in [0.4, 0.5) is 13.2 Å². The van der Waals surface area contributed by atoms with E-state index >= 15 is 0 Å². The number of nitrogens with zero attached hydrogens (tertiary/aromatic N) is 3. The van der Waals surface area contributed by atoms with E-state index in [-0.39, 0.29) is 30.1 Å². The Hall–Kier alpha value is -2.23. The van der Waals surface area contributed by atoms with E-state index < -0.39 is 11.7 Å². The maximum atomic E-state index is 12.8. The molecule has 10 heteroatoms. The van der Waals surface area contributed by atoms with Gasteiger partial charge in [-0.05, 0) is 38.0 Å². The summed E-state index contributed by atoms with van der Waals surface area (Å²) in [5.74, 6) is 0.803. The van der Waals surface area contributed by atoms with Gasteiger partial charge in [0.2, 0.25) is 5.91 Å². The van der Waals surface area contributed by atoms with Gasteiger partial charge in [-0.15, -0.1) is 10.2 Å². The normalized spacial score (nSPS) is 14.9. The van der Waals surface area contributed by atoms with E-state index in [4.69, 9.17) is 4.74 Å². The second-order valence-corrected chi connectivity index (χ2v) is 7.74. The molecule has 3 rings (SSSR count). The van der Waals surface area contributed by atoms with Crippen molar-refractivity contribution in [3.8, 4) is 5.75 Å². The lowest BCUT2D eigenvalue weighted by Crippen LogP contribution is -2.33. The Bertz CT molecular complexity index is 835. The van der Waals surface area contributed by atoms with Gasteiger partial charge in [-0.2, -0.15) is 13.2 Å². The van der Waals surface area contributed by atoms with Crippen LogP contribution >= 0.6 is 11.8 Å². The van der Waals surface area contributed by atoms with Crippen LogP contribution in [-0.2, 0) is 24.1 Å². The van der Waals surface area contributed by atoms with Crippen LogP contribution in [0, 0.1) is 0 Å². The molecule has 0 unspecified atom stereocenters. The van der Waals surface area contributed by atoms with Crippen molar-refractivity contribution in [2.24, 2.45) is 0 Å². The number of carbonyl (C=O) groups excluding carboxylic acids is 1. The van der Waals surface area contributed by atoms with Crippen LogP contribution < -0.4 is 10.1 Å². The molecule has 1 aromatic carbocycles. The minimum Gasteiger partial charge on any atom is -0.486 e. The van der Waals surface area contributed by atoms with Crippen LogP contribution in [0.25, 0.3) is 0 Å². The Morgan fingerprint density at radius 2 is 2.07 bits per heavy atom. The molecule has 1 amide bonds. The number of amides is 1. The minimum atomic E-state index is -4.42. The molecule has 0 aliphatic heterocycles. The Morgan fingerprint density at radius 3 is 2.76 bits per heavy atom. The predicted molar refractivity (Wildman–Crippen MR) is 103 cm³/mol. The van der Waals surface area contributed by atoms with Gasteiger partial charge in [0, 0.05) is 12.6 Å². The van der Waals surface area contributed by atoms with Crippen molar-refractivity contribution in [1.82, 2.24) is 20.1 Å². The van der Waals surface area contributed by atoms with Gasteiger partial charge < -0.3 is 14.6 Å². The first-order valence-electron chi connectivity index (χ1n) is 9.51. The van der Waals surface area contributed by atoms with E-state index in [1.165, 1.54) is 23.9 Å². The topological polar surface area (TPSA) is 69.0 Å². The number of ether oxygens (including phenoxy) is 1. The highest BCUT2D eigenvalue weighted by Gasteiger charge is 2.30. The zero-order valence-electron chi connectivity index (χ0n) is 16.0. The van der Waals surface area contributed by atoms with Crippen LogP contribution in [0.2, 0.25) is 0 Å². The number of rotatable bonds is 8. The van der Waals surface area contributed by atoms with Gasteiger partial charge in [0.05, 0.1) is 11.3 Å². The minimum absolute atomic E-state index is 0.0169. The third-order valence-electron chi connectivity index (χ3n) is 4.69. The van der Waals surface area contributed by atoms with Crippen LogP contribution in [0.5, 0.6) is 5.75 Å². The molecule has 1 heterocycles. The Morgan fingerprint density at radius 1 is 1.31 bits per heavy atom. The number of benzene rings is 1. The van der Waals surface area contributed by atoms with E-state index in [0.29, 0.717) is 17.5 Å². The number of nitrogens with one attached hydrogen (secondary N) is 1. The van der Waals surface area contributed by atoms with Crippen molar-refractivity contribution in [3.63, 3.8) is 0 Å². The molecule has 1 N–H and O–H groups in total. The van der Waals surface area contributed by atoms with Gasteiger partial charge in [-0.3, -0.25) is 4.79 Å². The standard InChI is InChI=1S/C19H23F3N4O2S/c1-2-26-16(11-28-15-9-5-6-13(10-15)19(20,21)22)24-25-18(26)29-12-17(27)23-14-7-3-4-8-14/h5-6,9-10,14H,2-4,7-8,11-12H2,1H3,(H,23,27). The average molecular weight is 428 g/mol. The monoisotopic (exact) mass is 428 g/mol. The summed E-state index contributed by atoms with van der Waals surface area (Å²) in [7, 11) is 0. The number of halogens is 3. The number of hydrogen-bond acceptors (Lipinski definition) is 5. The van der Waals surface area contributed by atoms with Crippen LogP contribution in [0.1, 0.15) is 44.0 Å². The van der Waals surface area contributed by atoms with Crippen molar-refractivity contribution in [3.05, 3.63) is 35.7 Å². The highest BCUT2D eigenvalue weighted by Crippen LogP contribution is 2.31. The molecular formula is C19H23F3N4O2S. The van der Waals surface area contributed by atoms with Gasteiger partial charge >= 0.3 is 6.18 Å². The van der Waals surface area contributed by atoms with Gasteiger partial charge in [-0.1, -0.05) is 30.7 Å². The van der Waals surface area contributed by atoms with Crippen molar-refractivity contribution in [2.75, 3.05) is 5.75 Å². The Labute approximate surface area is 171 Å². The summed E-state index contributed by atoms with van der Waals surface area (Å²) in [6.07, 6.45) is -0.0716. The van der Waals surface area contributed by atoms with E-state index in [1.54, 1.807) is 4.57 Å². The van der Waals surface area contributed by atoms with E-state index in [1.807, 2.05) is 6.92 Å². The second kappa shape index (κ2) is 9.51. The number of hydrogen-bond donors (Lipinski definition) is 1. The third kappa shape index (κ3) is 5.88. The molecule has 1 fully saturated rings. The lowest BCUT2D eigenvalue weighted by molar-refractivity contribution is -0.137. The van der Waals surface area contributed by atoms with Crippen molar-refractivity contribution in [1.29, 1.82) is 0 Å². The summed E-state index contributed by atoms with van der Waals surface area (Å²) in [5.41, 5.74) is -0.767. The average Bonchev–Trinajstić information content (AvgIpc) is 3.33. The molecule has 0 saturated heterocycles. The first-order valence-corrected chi connectivity index (χ1v) is 10.5. The number of aromatic nitrogens is 3. The molecular weight excluding hydrogens is 405 g/mol. The first kappa shape index (κ1) is 21.5. The Kier molecular flexibility index (Phi) is 7.05. The predicted octanol–water partition coefficient (Wildman–Crippen LogP) is 4.05. The first-order chi connectivity index (χ1) is 13.9. The SMILES string of the molecule is CCn1c(COc2cccc(C(F)(F)F)c2)nnc1SCC(=O)NC1CCCC1. The van der Waals surface area contributed by atoms with Crippen molar-refractivity contribution < 1.29 is 22.7 Å². The summed E-state index contributed by atoms with van der Waals surface area (Å²) >= 11 is 1.28. The highest BCUT2D eigenvalue weighted by molar-refractivity contribution is 7.99. The Balaban J connectivity index is 1.57. The van der Waals surface area contributed by atoms with Gasteiger partial charge in [-0.25, -0.2) is 0 Å². The van der Waals surface area contributed by atoms with E-state index in [0.717, 1.165) is 37.8 Å². The maximum Gasteiger partial charge on any atom is 0.416 e. The summed E-state index contributed by atoms with van der Waals surface area (Å²) in [6.45, 7) is 2.44. The van der Waals surface area contributed by atoms with Crippen molar-refractivity contribution >= 4 is 17.7 Å². The molecule has 29 heavy (non-hydrogen) atoms. The van der Waals surface area contributed by atoms with Gasteiger partial charge in [0.25, 0.3) is 0 Å². The molecule has 6 nitrogen and oxygen atoms in total. The van der Waals surface area contributed by atoms with Crippen LogP contribution in [0.3, 0.4) is 0 Å². The fourth-order valence-corrected chi connectivity index (χ4v) is 4.06. The van der Waals surface area contributed by atoms with Crippen LogP contribution in [0.15, 0.2) is 29.4 Å². The quantitative estimate of drug-likeness (QED) is 0.643. The fraction of sp³-hybridized carbons (Fsp3) is 0.526. The molecule has 0 spiro atoms. The van der Waals surface area contributed by atoms with Crippen LogP contribution in [-0.4, -0.2) is 32.5 Å². The maximum absolute atomic E-state index is 12.8.